The fourth-order valence-electron chi connectivity index (χ4n) is 2.67. The van der Waals surface area contributed by atoms with Crippen molar-refractivity contribution in [1.82, 2.24) is 20.4 Å². The molecule has 0 atom stereocenters. The summed E-state index contributed by atoms with van der Waals surface area (Å²) in [4.78, 5) is 8.79. The molecule has 1 aliphatic heterocycles. The van der Waals surface area contributed by atoms with E-state index in [0.29, 0.717) is 16.5 Å². The van der Waals surface area contributed by atoms with Crippen molar-refractivity contribution in [3.8, 4) is 11.5 Å². The highest BCUT2D eigenvalue weighted by molar-refractivity contribution is 6.30. The van der Waals surface area contributed by atoms with E-state index in [1.807, 2.05) is 0 Å². The van der Waals surface area contributed by atoms with Crippen LogP contribution in [0.2, 0.25) is 5.02 Å². The normalized spacial score (nSPS) is 18.1. The maximum absolute atomic E-state index is 5.84. The molecule has 0 spiro atoms. The van der Waals surface area contributed by atoms with Gasteiger partial charge in [-0.3, -0.25) is 4.98 Å². The standard InChI is InChI=1S/C14H17ClN4O/c1-2-14(5-7-16-8-6-14)13-18-12(19-20-13)11-4-3-10(15)9-17-11/h3-4,9,16H,2,5-8H2,1H3. The molecule has 0 aromatic carbocycles. The summed E-state index contributed by atoms with van der Waals surface area (Å²) in [6.07, 6.45) is 4.65. The van der Waals surface area contributed by atoms with E-state index in [9.17, 15) is 0 Å². The van der Waals surface area contributed by atoms with Gasteiger partial charge in [-0.15, -0.1) is 0 Å². The zero-order valence-corrected chi connectivity index (χ0v) is 12.2. The van der Waals surface area contributed by atoms with Crippen LogP contribution in [0.15, 0.2) is 22.9 Å². The Hall–Kier alpha value is -1.46. The highest BCUT2D eigenvalue weighted by Gasteiger charge is 2.37. The molecule has 3 rings (SSSR count). The number of nitrogens with zero attached hydrogens (tertiary/aromatic N) is 3. The van der Waals surface area contributed by atoms with Crippen molar-refractivity contribution < 1.29 is 4.52 Å². The Morgan fingerprint density at radius 3 is 2.80 bits per heavy atom. The lowest BCUT2D eigenvalue weighted by Crippen LogP contribution is -2.39. The number of hydrogen-bond donors (Lipinski definition) is 1. The first-order valence-electron chi connectivity index (χ1n) is 6.90. The van der Waals surface area contributed by atoms with E-state index in [1.165, 1.54) is 0 Å². The average Bonchev–Trinajstić information content (AvgIpc) is 2.99. The van der Waals surface area contributed by atoms with Crippen molar-refractivity contribution in [1.29, 1.82) is 0 Å². The summed E-state index contributed by atoms with van der Waals surface area (Å²) in [6.45, 7) is 4.16. The van der Waals surface area contributed by atoms with Crippen molar-refractivity contribution in [2.45, 2.75) is 31.6 Å². The molecule has 0 saturated carbocycles. The van der Waals surface area contributed by atoms with Gasteiger partial charge >= 0.3 is 0 Å². The van der Waals surface area contributed by atoms with Crippen molar-refractivity contribution in [2.24, 2.45) is 0 Å². The quantitative estimate of drug-likeness (QED) is 0.942. The minimum absolute atomic E-state index is 0.00290. The molecule has 1 N–H and O–H groups in total. The third-order valence-corrected chi connectivity index (χ3v) is 4.30. The molecule has 6 heteroatoms. The molecule has 2 aromatic rings. The van der Waals surface area contributed by atoms with Crippen LogP contribution in [-0.2, 0) is 5.41 Å². The summed E-state index contributed by atoms with van der Waals surface area (Å²) in [5.41, 5.74) is 0.688. The number of piperidine rings is 1. The number of hydrogen-bond acceptors (Lipinski definition) is 5. The number of rotatable bonds is 3. The van der Waals surface area contributed by atoms with Crippen molar-refractivity contribution >= 4 is 11.6 Å². The maximum atomic E-state index is 5.84. The Kier molecular flexibility index (Phi) is 3.72. The third kappa shape index (κ3) is 2.43. The van der Waals surface area contributed by atoms with E-state index in [0.717, 1.165) is 38.2 Å². The van der Waals surface area contributed by atoms with Crippen LogP contribution < -0.4 is 5.32 Å². The van der Waals surface area contributed by atoms with Crippen LogP contribution in [0.3, 0.4) is 0 Å². The summed E-state index contributed by atoms with van der Waals surface area (Å²) in [7, 11) is 0. The molecule has 0 bridgehead atoms. The van der Waals surface area contributed by atoms with Crippen LogP contribution in [0.5, 0.6) is 0 Å². The summed E-state index contributed by atoms with van der Waals surface area (Å²) in [6, 6.07) is 3.58. The highest BCUT2D eigenvalue weighted by atomic mass is 35.5. The second kappa shape index (κ2) is 5.50. The SMILES string of the molecule is CCC1(c2nc(-c3ccc(Cl)cn3)no2)CCNCC1. The molecule has 106 valence electrons. The van der Waals surface area contributed by atoms with Crippen LogP contribution in [0, 0.1) is 0 Å². The topological polar surface area (TPSA) is 63.8 Å². The lowest BCUT2D eigenvalue weighted by molar-refractivity contribution is 0.216. The summed E-state index contributed by atoms with van der Waals surface area (Å²) in [5.74, 6) is 1.26. The van der Waals surface area contributed by atoms with Gasteiger partial charge in [-0.25, -0.2) is 0 Å². The van der Waals surface area contributed by atoms with Crippen LogP contribution in [0.25, 0.3) is 11.5 Å². The molecule has 2 aromatic heterocycles. The van der Waals surface area contributed by atoms with Crippen LogP contribution in [0.1, 0.15) is 32.1 Å². The third-order valence-electron chi connectivity index (χ3n) is 4.07. The lowest BCUT2D eigenvalue weighted by Gasteiger charge is -2.33. The van der Waals surface area contributed by atoms with Crippen LogP contribution >= 0.6 is 11.6 Å². The van der Waals surface area contributed by atoms with Crippen molar-refractivity contribution in [2.75, 3.05) is 13.1 Å². The molecule has 0 aliphatic carbocycles. The van der Waals surface area contributed by atoms with Gasteiger partial charge in [0.25, 0.3) is 0 Å². The Balaban J connectivity index is 1.91. The molecule has 5 nitrogen and oxygen atoms in total. The molecule has 1 aliphatic rings. The van der Waals surface area contributed by atoms with Crippen molar-refractivity contribution in [3.63, 3.8) is 0 Å². The Morgan fingerprint density at radius 1 is 1.35 bits per heavy atom. The summed E-state index contributed by atoms with van der Waals surface area (Å²) < 4.78 is 5.52. The first-order chi connectivity index (χ1) is 9.73. The van der Waals surface area contributed by atoms with Gasteiger partial charge in [0.2, 0.25) is 11.7 Å². The van der Waals surface area contributed by atoms with E-state index >= 15 is 0 Å². The molecule has 0 unspecified atom stereocenters. The second-order valence-electron chi connectivity index (χ2n) is 5.17. The van der Waals surface area contributed by atoms with Crippen LogP contribution in [0.4, 0.5) is 0 Å². The number of pyridine rings is 1. The van der Waals surface area contributed by atoms with Gasteiger partial charge in [0.1, 0.15) is 5.69 Å². The highest BCUT2D eigenvalue weighted by Crippen LogP contribution is 2.36. The summed E-state index contributed by atoms with van der Waals surface area (Å²) in [5, 5.41) is 8.04. The van der Waals surface area contributed by atoms with Gasteiger partial charge < -0.3 is 9.84 Å². The minimum atomic E-state index is 0.00290. The minimum Gasteiger partial charge on any atom is -0.338 e. The monoisotopic (exact) mass is 292 g/mol. The summed E-state index contributed by atoms with van der Waals surface area (Å²) >= 11 is 5.84. The van der Waals surface area contributed by atoms with E-state index in [2.05, 4.69) is 27.4 Å². The van der Waals surface area contributed by atoms with Gasteiger partial charge in [-0.1, -0.05) is 23.7 Å². The molecular formula is C14H17ClN4O. The largest absolute Gasteiger partial charge is 0.338 e. The predicted molar refractivity (Wildman–Crippen MR) is 76.6 cm³/mol. The van der Waals surface area contributed by atoms with E-state index in [4.69, 9.17) is 16.1 Å². The van der Waals surface area contributed by atoms with Crippen LogP contribution in [-0.4, -0.2) is 28.2 Å². The number of halogens is 1. The fourth-order valence-corrected chi connectivity index (χ4v) is 2.79. The first-order valence-corrected chi connectivity index (χ1v) is 7.28. The molecule has 3 heterocycles. The predicted octanol–water partition coefficient (Wildman–Crippen LogP) is 2.82. The van der Waals surface area contributed by atoms with Crippen molar-refractivity contribution in [3.05, 3.63) is 29.2 Å². The molecule has 20 heavy (non-hydrogen) atoms. The Bertz CT molecular complexity index is 575. The number of aromatic nitrogens is 3. The van der Waals surface area contributed by atoms with Gasteiger partial charge in [0.15, 0.2) is 0 Å². The zero-order chi connectivity index (χ0) is 14.0. The van der Waals surface area contributed by atoms with Gasteiger partial charge in [0.05, 0.1) is 10.4 Å². The smallest absolute Gasteiger partial charge is 0.233 e. The van der Waals surface area contributed by atoms with Gasteiger partial charge in [-0.2, -0.15) is 4.98 Å². The molecule has 0 amide bonds. The zero-order valence-electron chi connectivity index (χ0n) is 11.4. The van der Waals surface area contributed by atoms with E-state index in [1.54, 1.807) is 18.3 Å². The van der Waals surface area contributed by atoms with Gasteiger partial charge in [-0.05, 0) is 44.5 Å². The van der Waals surface area contributed by atoms with Gasteiger partial charge in [0, 0.05) is 6.20 Å². The Morgan fingerprint density at radius 2 is 2.15 bits per heavy atom. The Labute approximate surface area is 122 Å². The van der Waals surface area contributed by atoms with E-state index < -0.39 is 0 Å². The molecule has 1 saturated heterocycles. The first kappa shape index (κ1) is 13.5. The molecule has 0 radical (unpaired) electrons. The lowest BCUT2D eigenvalue weighted by atomic mass is 9.76. The van der Waals surface area contributed by atoms with E-state index in [-0.39, 0.29) is 5.41 Å². The fraction of sp³-hybridized carbons (Fsp3) is 0.500. The molecule has 1 fully saturated rings. The number of nitrogens with one attached hydrogen (secondary N) is 1. The second-order valence-corrected chi connectivity index (χ2v) is 5.61. The maximum Gasteiger partial charge on any atom is 0.233 e. The average molecular weight is 293 g/mol. The molecular weight excluding hydrogens is 276 g/mol.